The first-order chi connectivity index (χ1) is 12.1. The minimum absolute atomic E-state index is 0.688. The number of hydrogen-bond donors (Lipinski definition) is 1. The molecule has 0 aliphatic carbocycles. The molecule has 0 bridgehead atoms. The third kappa shape index (κ3) is 3.96. The van der Waals surface area contributed by atoms with E-state index in [4.69, 9.17) is 9.47 Å². The number of anilines is 1. The van der Waals surface area contributed by atoms with Gasteiger partial charge < -0.3 is 14.8 Å². The zero-order valence-electron chi connectivity index (χ0n) is 14.4. The van der Waals surface area contributed by atoms with Crippen LogP contribution in [0.5, 0.6) is 11.5 Å². The zero-order valence-corrected chi connectivity index (χ0v) is 16.0. The number of aryl methyl sites for hydroxylation is 1. The molecule has 0 atom stereocenters. The van der Waals surface area contributed by atoms with Crippen LogP contribution in [0.4, 0.5) is 5.69 Å². The Morgan fingerprint density at radius 2 is 1.88 bits per heavy atom. The number of hydrogen-bond acceptors (Lipinski definition) is 4. The first kappa shape index (κ1) is 17.4. The van der Waals surface area contributed by atoms with E-state index in [1.807, 2.05) is 43.6 Å². The predicted molar refractivity (Wildman–Crippen MR) is 103 cm³/mol. The number of benzene rings is 2. The van der Waals surface area contributed by atoms with Crippen LogP contribution in [0.25, 0.3) is 11.3 Å². The molecule has 3 rings (SSSR count). The van der Waals surface area contributed by atoms with Gasteiger partial charge in [0.05, 0.1) is 18.7 Å². The van der Waals surface area contributed by atoms with Crippen molar-refractivity contribution in [2.24, 2.45) is 7.05 Å². The average molecular weight is 402 g/mol. The molecule has 0 saturated heterocycles. The van der Waals surface area contributed by atoms with Crippen molar-refractivity contribution in [2.45, 2.75) is 6.54 Å². The van der Waals surface area contributed by atoms with Crippen LogP contribution in [-0.4, -0.2) is 24.0 Å². The molecule has 130 valence electrons. The highest BCUT2D eigenvalue weighted by molar-refractivity contribution is 9.10. The molecule has 0 fully saturated rings. The summed E-state index contributed by atoms with van der Waals surface area (Å²) in [6.07, 6.45) is 1.94. The van der Waals surface area contributed by atoms with E-state index >= 15 is 0 Å². The van der Waals surface area contributed by atoms with E-state index in [2.05, 4.69) is 38.5 Å². The molecule has 1 N–H and O–H groups in total. The lowest BCUT2D eigenvalue weighted by Crippen LogP contribution is -2.00. The number of halogens is 1. The second-order valence-electron chi connectivity index (χ2n) is 5.62. The Morgan fingerprint density at radius 1 is 1.08 bits per heavy atom. The molecule has 5 nitrogen and oxygen atoms in total. The first-order valence-corrected chi connectivity index (χ1v) is 8.64. The third-order valence-electron chi connectivity index (χ3n) is 3.86. The Morgan fingerprint density at radius 3 is 2.56 bits per heavy atom. The fourth-order valence-electron chi connectivity index (χ4n) is 2.63. The van der Waals surface area contributed by atoms with Crippen LogP contribution in [-0.2, 0) is 13.6 Å². The van der Waals surface area contributed by atoms with Gasteiger partial charge in [-0.3, -0.25) is 4.68 Å². The van der Waals surface area contributed by atoms with Crippen molar-refractivity contribution in [3.63, 3.8) is 0 Å². The van der Waals surface area contributed by atoms with E-state index in [0.29, 0.717) is 6.54 Å². The maximum absolute atomic E-state index is 5.35. The molecule has 3 aromatic rings. The largest absolute Gasteiger partial charge is 0.493 e. The molecular weight excluding hydrogens is 382 g/mol. The van der Waals surface area contributed by atoms with Gasteiger partial charge in [-0.05, 0) is 45.8 Å². The molecule has 0 amide bonds. The summed E-state index contributed by atoms with van der Waals surface area (Å²) < 4.78 is 13.4. The molecule has 1 aromatic heterocycles. The van der Waals surface area contributed by atoms with Gasteiger partial charge in [-0.25, -0.2) is 0 Å². The van der Waals surface area contributed by atoms with Gasteiger partial charge in [-0.2, -0.15) is 5.10 Å². The van der Waals surface area contributed by atoms with Crippen molar-refractivity contribution in [3.8, 4) is 22.8 Å². The highest BCUT2D eigenvalue weighted by Gasteiger charge is 2.09. The van der Waals surface area contributed by atoms with E-state index in [1.165, 1.54) is 0 Å². The van der Waals surface area contributed by atoms with Crippen LogP contribution in [0.1, 0.15) is 5.56 Å². The molecule has 0 aliphatic rings. The molecule has 0 radical (unpaired) electrons. The van der Waals surface area contributed by atoms with Gasteiger partial charge in [0.25, 0.3) is 0 Å². The van der Waals surface area contributed by atoms with Crippen LogP contribution in [0, 0.1) is 0 Å². The van der Waals surface area contributed by atoms with Crippen molar-refractivity contribution >= 4 is 21.6 Å². The first-order valence-electron chi connectivity index (χ1n) is 7.85. The molecule has 0 spiro atoms. The SMILES string of the molecule is COc1ccc(CNc2cccc(-c3nn(C)cc3Br)c2)cc1OC. The van der Waals surface area contributed by atoms with Crippen molar-refractivity contribution < 1.29 is 9.47 Å². The van der Waals surface area contributed by atoms with E-state index in [9.17, 15) is 0 Å². The van der Waals surface area contributed by atoms with Gasteiger partial charge in [0.15, 0.2) is 11.5 Å². The van der Waals surface area contributed by atoms with Gasteiger partial charge in [0, 0.05) is 31.0 Å². The summed E-state index contributed by atoms with van der Waals surface area (Å²) in [5, 5.41) is 7.93. The molecule has 1 heterocycles. The molecule has 2 aromatic carbocycles. The number of rotatable bonds is 6. The Hall–Kier alpha value is -2.47. The van der Waals surface area contributed by atoms with Crippen molar-refractivity contribution in [1.82, 2.24) is 9.78 Å². The second-order valence-corrected chi connectivity index (χ2v) is 6.48. The summed E-state index contributed by atoms with van der Waals surface area (Å²) in [5.41, 5.74) is 4.13. The van der Waals surface area contributed by atoms with E-state index in [1.54, 1.807) is 18.9 Å². The molecule has 0 unspecified atom stereocenters. The Balaban J connectivity index is 1.76. The van der Waals surface area contributed by atoms with E-state index in [-0.39, 0.29) is 0 Å². The lowest BCUT2D eigenvalue weighted by Gasteiger charge is -2.11. The molecule has 25 heavy (non-hydrogen) atoms. The summed E-state index contributed by atoms with van der Waals surface area (Å²) in [5.74, 6) is 1.46. The van der Waals surface area contributed by atoms with Crippen molar-refractivity contribution in [2.75, 3.05) is 19.5 Å². The van der Waals surface area contributed by atoms with Crippen LogP contribution in [0.15, 0.2) is 53.1 Å². The van der Waals surface area contributed by atoms with Gasteiger partial charge >= 0.3 is 0 Å². The van der Waals surface area contributed by atoms with Crippen LogP contribution in [0.2, 0.25) is 0 Å². The predicted octanol–water partition coefficient (Wildman–Crippen LogP) is 4.48. The van der Waals surface area contributed by atoms with Crippen molar-refractivity contribution in [3.05, 3.63) is 58.7 Å². The maximum Gasteiger partial charge on any atom is 0.161 e. The number of nitrogens with one attached hydrogen (secondary N) is 1. The maximum atomic E-state index is 5.35. The highest BCUT2D eigenvalue weighted by atomic mass is 79.9. The summed E-state index contributed by atoms with van der Waals surface area (Å²) in [6.45, 7) is 0.688. The van der Waals surface area contributed by atoms with Crippen molar-refractivity contribution in [1.29, 1.82) is 0 Å². The summed E-state index contributed by atoms with van der Waals surface area (Å²) >= 11 is 3.55. The number of ether oxygens (including phenoxy) is 2. The van der Waals surface area contributed by atoms with Crippen LogP contribution in [0.3, 0.4) is 0 Å². The fourth-order valence-corrected chi connectivity index (χ4v) is 3.23. The minimum atomic E-state index is 0.688. The van der Waals surface area contributed by atoms with Gasteiger partial charge in [-0.1, -0.05) is 18.2 Å². The normalized spacial score (nSPS) is 10.6. The Bertz CT molecular complexity index is 877. The van der Waals surface area contributed by atoms with Gasteiger partial charge in [0.1, 0.15) is 5.69 Å². The lowest BCUT2D eigenvalue weighted by molar-refractivity contribution is 0.354. The molecule has 0 saturated carbocycles. The number of aromatic nitrogens is 2. The Labute approximate surface area is 155 Å². The van der Waals surface area contributed by atoms with Gasteiger partial charge in [0.2, 0.25) is 0 Å². The number of methoxy groups -OCH3 is 2. The summed E-state index contributed by atoms with van der Waals surface area (Å²) in [7, 11) is 5.19. The summed E-state index contributed by atoms with van der Waals surface area (Å²) in [6, 6.07) is 14.1. The highest BCUT2D eigenvalue weighted by Crippen LogP contribution is 2.29. The average Bonchev–Trinajstić information content (AvgIpc) is 2.98. The third-order valence-corrected chi connectivity index (χ3v) is 4.45. The van der Waals surface area contributed by atoms with Gasteiger partial charge in [-0.15, -0.1) is 0 Å². The monoisotopic (exact) mass is 401 g/mol. The van der Waals surface area contributed by atoms with E-state index < -0.39 is 0 Å². The topological polar surface area (TPSA) is 48.3 Å². The minimum Gasteiger partial charge on any atom is -0.493 e. The quantitative estimate of drug-likeness (QED) is 0.661. The number of nitrogens with zero attached hydrogens (tertiary/aromatic N) is 2. The Kier molecular flexibility index (Phi) is 5.28. The molecular formula is C19H20BrN3O2. The second kappa shape index (κ2) is 7.61. The standard InChI is InChI=1S/C19H20BrN3O2/c1-23-12-16(20)19(22-23)14-5-4-6-15(10-14)21-11-13-7-8-17(24-2)18(9-13)25-3/h4-10,12,21H,11H2,1-3H3. The lowest BCUT2D eigenvalue weighted by atomic mass is 10.1. The van der Waals surface area contributed by atoms with Crippen LogP contribution < -0.4 is 14.8 Å². The zero-order chi connectivity index (χ0) is 17.8. The fraction of sp³-hybridized carbons (Fsp3) is 0.211. The summed E-state index contributed by atoms with van der Waals surface area (Å²) in [4.78, 5) is 0. The molecule has 0 aliphatic heterocycles. The molecule has 6 heteroatoms. The smallest absolute Gasteiger partial charge is 0.161 e. The van der Waals surface area contributed by atoms with E-state index in [0.717, 1.165) is 38.5 Å². The van der Waals surface area contributed by atoms with Crippen LogP contribution >= 0.6 is 15.9 Å².